The smallest absolute Gasteiger partial charge is 0.255 e. The Kier molecular flexibility index (Phi) is 5.64. The van der Waals surface area contributed by atoms with E-state index in [0.29, 0.717) is 6.04 Å². The summed E-state index contributed by atoms with van der Waals surface area (Å²) < 4.78 is 1.82. The molecule has 0 spiro atoms. The van der Waals surface area contributed by atoms with Crippen molar-refractivity contribution in [3.63, 3.8) is 0 Å². The Morgan fingerprint density at radius 1 is 1.25 bits per heavy atom. The van der Waals surface area contributed by atoms with Crippen molar-refractivity contribution < 1.29 is 4.79 Å². The van der Waals surface area contributed by atoms with Gasteiger partial charge >= 0.3 is 0 Å². The topological polar surface area (TPSA) is 23.6 Å². The van der Waals surface area contributed by atoms with Crippen LogP contribution in [-0.4, -0.2) is 47.9 Å². The fourth-order valence-electron chi connectivity index (χ4n) is 2.46. The molecule has 1 amide bonds. The summed E-state index contributed by atoms with van der Waals surface area (Å²) in [6.45, 7) is 8.02. The first kappa shape index (κ1) is 16.0. The van der Waals surface area contributed by atoms with Crippen LogP contribution >= 0.6 is 31.9 Å². The van der Waals surface area contributed by atoms with Gasteiger partial charge in [-0.15, -0.1) is 0 Å². The lowest BCUT2D eigenvalue weighted by Crippen LogP contribution is -2.51. The first-order valence-corrected chi connectivity index (χ1v) is 8.60. The van der Waals surface area contributed by atoms with Gasteiger partial charge in [0, 0.05) is 41.2 Å². The van der Waals surface area contributed by atoms with Crippen LogP contribution in [0, 0.1) is 0 Å². The van der Waals surface area contributed by atoms with Crippen molar-refractivity contribution in [3.8, 4) is 0 Å². The molecule has 2 rings (SSSR count). The third kappa shape index (κ3) is 3.62. The van der Waals surface area contributed by atoms with Gasteiger partial charge in [0.1, 0.15) is 0 Å². The van der Waals surface area contributed by atoms with Crippen molar-refractivity contribution in [2.24, 2.45) is 0 Å². The molecule has 1 heterocycles. The molecular formula is C15H20Br2N2O. The van der Waals surface area contributed by atoms with E-state index in [0.717, 1.165) is 47.1 Å². The Morgan fingerprint density at radius 3 is 2.45 bits per heavy atom. The molecule has 1 aromatic rings. The lowest BCUT2D eigenvalue weighted by atomic mass is 10.1. The van der Waals surface area contributed by atoms with Crippen molar-refractivity contribution in [1.82, 2.24) is 9.80 Å². The molecule has 0 bridgehead atoms. The zero-order valence-corrected chi connectivity index (χ0v) is 15.1. The normalized spacial score (nSPS) is 18.1. The molecule has 0 saturated carbocycles. The van der Waals surface area contributed by atoms with E-state index in [1.165, 1.54) is 0 Å². The largest absolute Gasteiger partial charge is 0.336 e. The van der Waals surface area contributed by atoms with Gasteiger partial charge in [-0.05, 0) is 47.5 Å². The molecule has 3 nitrogen and oxygen atoms in total. The van der Waals surface area contributed by atoms with Crippen molar-refractivity contribution in [1.29, 1.82) is 0 Å². The number of nitrogens with zero attached hydrogens (tertiary/aromatic N) is 2. The lowest BCUT2D eigenvalue weighted by Gasteiger charge is -2.38. The van der Waals surface area contributed by atoms with Crippen molar-refractivity contribution in [3.05, 3.63) is 32.7 Å². The van der Waals surface area contributed by atoms with Crippen molar-refractivity contribution >= 4 is 37.8 Å². The molecule has 110 valence electrons. The molecule has 1 aliphatic rings. The first-order valence-electron chi connectivity index (χ1n) is 7.01. The number of piperazine rings is 1. The van der Waals surface area contributed by atoms with Crippen molar-refractivity contribution in [2.45, 2.75) is 26.3 Å². The highest BCUT2D eigenvalue weighted by atomic mass is 79.9. The average molecular weight is 404 g/mol. The number of amides is 1. The van der Waals surface area contributed by atoms with Crippen molar-refractivity contribution in [2.75, 3.05) is 26.2 Å². The molecule has 20 heavy (non-hydrogen) atoms. The molecular weight excluding hydrogens is 384 g/mol. The van der Waals surface area contributed by atoms with Crippen LogP contribution in [0.25, 0.3) is 0 Å². The van der Waals surface area contributed by atoms with Gasteiger partial charge in [0.15, 0.2) is 0 Å². The average Bonchev–Trinajstić information content (AvgIpc) is 2.46. The van der Waals surface area contributed by atoms with E-state index in [9.17, 15) is 4.79 Å². The molecule has 1 aliphatic heterocycles. The first-order chi connectivity index (χ1) is 9.52. The minimum Gasteiger partial charge on any atom is -0.336 e. The Morgan fingerprint density at radius 2 is 1.90 bits per heavy atom. The van der Waals surface area contributed by atoms with E-state index in [1.807, 2.05) is 23.1 Å². The summed E-state index contributed by atoms with van der Waals surface area (Å²) in [4.78, 5) is 17.0. The number of halogens is 2. The molecule has 1 unspecified atom stereocenters. The second-order valence-corrected chi connectivity index (χ2v) is 6.98. The number of benzene rings is 1. The third-order valence-corrected chi connectivity index (χ3v) is 5.13. The summed E-state index contributed by atoms with van der Waals surface area (Å²) in [6, 6.07) is 6.31. The molecule has 0 N–H and O–H groups in total. The van der Waals surface area contributed by atoms with Gasteiger partial charge in [-0.25, -0.2) is 0 Å². The summed E-state index contributed by atoms with van der Waals surface area (Å²) in [5.74, 6) is 0.119. The molecule has 1 fully saturated rings. The highest BCUT2D eigenvalue weighted by Crippen LogP contribution is 2.23. The van der Waals surface area contributed by atoms with E-state index in [2.05, 4.69) is 50.6 Å². The molecule has 5 heteroatoms. The maximum absolute atomic E-state index is 12.5. The predicted molar refractivity (Wildman–Crippen MR) is 89.1 cm³/mol. The monoisotopic (exact) mass is 402 g/mol. The number of carbonyl (C=O) groups is 1. The maximum Gasteiger partial charge on any atom is 0.255 e. The van der Waals surface area contributed by atoms with Crippen LogP contribution in [-0.2, 0) is 0 Å². The van der Waals surface area contributed by atoms with E-state index < -0.39 is 0 Å². The lowest BCUT2D eigenvalue weighted by molar-refractivity contribution is 0.0579. The summed E-state index contributed by atoms with van der Waals surface area (Å²) in [5.41, 5.74) is 0.741. The third-order valence-electron chi connectivity index (χ3n) is 3.98. The summed E-state index contributed by atoms with van der Waals surface area (Å²) in [5, 5.41) is 0. The second-order valence-electron chi connectivity index (χ2n) is 5.21. The summed E-state index contributed by atoms with van der Waals surface area (Å²) in [7, 11) is 0. The second kappa shape index (κ2) is 7.05. The van der Waals surface area contributed by atoms with E-state index in [-0.39, 0.29) is 5.91 Å². The standard InChI is InChI=1S/C15H20Br2N2O/c1-3-11(2)18-6-8-19(9-7-18)15(20)13-5-4-12(16)10-14(13)17/h4-5,10-11H,3,6-9H2,1-2H3. The van der Waals surface area contributed by atoms with E-state index >= 15 is 0 Å². The highest BCUT2D eigenvalue weighted by Gasteiger charge is 2.25. The number of hydrogen-bond donors (Lipinski definition) is 0. The fourth-order valence-corrected chi connectivity index (χ4v) is 3.67. The minimum atomic E-state index is 0.119. The van der Waals surface area contributed by atoms with Gasteiger partial charge in [0.2, 0.25) is 0 Å². The van der Waals surface area contributed by atoms with Gasteiger partial charge in [-0.1, -0.05) is 22.9 Å². The van der Waals surface area contributed by atoms with Crippen LogP contribution in [0.2, 0.25) is 0 Å². The SMILES string of the molecule is CCC(C)N1CCN(C(=O)c2ccc(Br)cc2Br)CC1. The van der Waals surface area contributed by atoms with Gasteiger partial charge < -0.3 is 4.90 Å². The highest BCUT2D eigenvalue weighted by molar-refractivity contribution is 9.11. The molecule has 0 radical (unpaired) electrons. The molecule has 0 aromatic heterocycles. The molecule has 1 aromatic carbocycles. The Hall–Kier alpha value is -0.390. The van der Waals surface area contributed by atoms with Gasteiger partial charge in [0.25, 0.3) is 5.91 Å². The predicted octanol–water partition coefficient (Wildman–Crippen LogP) is 3.77. The van der Waals surface area contributed by atoms with E-state index in [1.54, 1.807) is 0 Å². The molecule has 1 atom stereocenters. The zero-order valence-electron chi connectivity index (χ0n) is 11.9. The molecule has 1 saturated heterocycles. The summed E-state index contributed by atoms with van der Waals surface area (Å²) >= 11 is 6.88. The fraction of sp³-hybridized carbons (Fsp3) is 0.533. The van der Waals surface area contributed by atoms with Crippen LogP contribution in [0.4, 0.5) is 0 Å². The van der Waals surface area contributed by atoms with Gasteiger partial charge in [-0.3, -0.25) is 9.69 Å². The Bertz CT molecular complexity index is 485. The van der Waals surface area contributed by atoms with Gasteiger partial charge in [-0.2, -0.15) is 0 Å². The maximum atomic E-state index is 12.5. The zero-order chi connectivity index (χ0) is 14.7. The Balaban J connectivity index is 2.01. The van der Waals surface area contributed by atoms with Crippen LogP contribution in [0.3, 0.4) is 0 Å². The van der Waals surface area contributed by atoms with Crippen LogP contribution in [0.5, 0.6) is 0 Å². The minimum absolute atomic E-state index is 0.119. The van der Waals surface area contributed by atoms with Crippen LogP contribution in [0.1, 0.15) is 30.6 Å². The summed E-state index contributed by atoms with van der Waals surface area (Å²) in [6.07, 6.45) is 1.16. The number of carbonyl (C=O) groups excluding carboxylic acids is 1. The number of hydrogen-bond acceptors (Lipinski definition) is 2. The quantitative estimate of drug-likeness (QED) is 0.766. The van der Waals surface area contributed by atoms with Crippen LogP contribution < -0.4 is 0 Å². The molecule has 0 aliphatic carbocycles. The van der Waals surface area contributed by atoms with Gasteiger partial charge in [0.05, 0.1) is 5.56 Å². The number of rotatable bonds is 3. The Labute approximate surface area is 137 Å². The van der Waals surface area contributed by atoms with E-state index in [4.69, 9.17) is 0 Å². The van der Waals surface area contributed by atoms with Crippen LogP contribution in [0.15, 0.2) is 27.1 Å².